The first-order chi connectivity index (χ1) is 12.8. The van der Waals surface area contributed by atoms with Crippen molar-refractivity contribution < 1.29 is 0 Å². The van der Waals surface area contributed by atoms with Crippen LogP contribution >= 0.6 is 35.7 Å². The fourth-order valence-electron chi connectivity index (χ4n) is 3.72. The number of aliphatic imine (C=N–C) groups is 1. The fraction of sp³-hybridized carbons (Fsp3) is 0.700. The summed E-state index contributed by atoms with van der Waals surface area (Å²) >= 11 is 2.09. The van der Waals surface area contributed by atoms with Crippen molar-refractivity contribution in [3.05, 3.63) is 23.9 Å². The van der Waals surface area contributed by atoms with Crippen molar-refractivity contribution in [2.24, 2.45) is 4.99 Å². The molecule has 0 bridgehead atoms. The van der Waals surface area contributed by atoms with Crippen molar-refractivity contribution in [2.75, 3.05) is 43.9 Å². The Hall–Kier alpha value is -0.700. The number of anilines is 1. The maximum absolute atomic E-state index is 4.62. The second-order valence-electron chi connectivity index (χ2n) is 7.17. The molecule has 2 saturated heterocycles. The van der Waals surface area contributed by atoms with Gasteiger partial charge in [-0.1, -0.05) is 19.8 Å². The predicted molar refractivity (Wildman–Crippen MR) is 129 cm³/mol. The first kappa shape index (κ1) is 22.6. The first-order valence-electron chi connectivity index (χ1n) is 10.1. The number of thioether (sulfide) groups is 1. The van der Waals surface area contributed by atoms with Gasteiger partial charge in [-0.15, -0.1) is 24.0 Å². The molecular weight excluding hydrogens is 469 g/mol. The molecule has 3 rings (SSSR count). The van der Waals surface area contributed by atoms with E-state index < -0.39 is 0 Å². The van der Waals surface area contributed by atoms with Gasteiger partial charge in [-0.25, -0.2) is 4.98 Å². The van der Waals surface area contributed by atoms with Crippen LogP contribution < -0.4 is 10.2 Å². The molecule has 1 aromatic heterocycles. The Morgan fingerprint density at radius 2 is 2.04 bits per heavy atom. The van der Waals surface area contributed by atoms with Crippen LogP contribution in [0, 0.1) is 0 Å². The highest BCUT2D eigenvalue weighted by Gasteiger charge is 2.21. The Balaban J connectivity index is 0.00000261. The van der Waals surface area contributed by atoms with Gasteiger partial charge in [0.1, 0.15) is 5.82 Å². The van der Waals surface area contributed by atoms with Crippen LogP contribution in [0.3, 0.4) is 0 Å². The van der Waals surface area contributed by atoms with Gasteiger partial charge < -0.3 is 15.1 Å². The number of pyridine rings is 1. The van der Waals surface area contributed by atoms with E-state index in [1.54, 1.807) is 0 Å². The summed E-state index contributed by atoms with van der Waals surface area (Å²) in [5, 5.41) is 4.28. The number of nitrogens with zero attached hydrogens (tertiary/aromatic N) is 4. The van der Waals surface area contributed by atoms with E-state index in [1.807, 2.05) is 13.2 Å². The zero-order valence-corrected chi connectivity index (χ0v) is 19.8. The molecule has 0 aromatic carbocycles. The van der Waals surface area contributed by atoms with E-state index >= 15 is 0 Å². The van der Waals surface area contributed by atoms with Gasteiger partial charge in [0.2, 0.25) is 0 Å². The molecule has 0 aliphatic carbocycles. The molecule has 2 aliphatic rings. The predicted octanol–water partition coefficient (Wildman–Crippen LogP) is 3.98. The number of halogens is 1. The zero-order chi connectivity index (χ0) is 18.2. The summed E-state index contributed by atoms with van der Waals surface area (Å²) in [6, 6.07) is 4.36. The van der Waals surface area contributed by atoms with E-state index in [2.05, 4.69) is 55.9 Å². The summed E-state index contributed by atoms with van der Waals surface area (Å²) in [5.74, 6) is 3.34. The van der Waals surface area contributed by atoms with Crippen molar-refractivity contribution in [1.29, 1.82) is 0 Å². The lowest BCUT2D eigenvalue weighted by Gasteiger charge is -2.34. The molecule has 2 fully saturated rings. The normalized spacial score (nSPS) is 21.4. The quantitative estimate of drug-likeness (QED) is 0.383. The molecule has 5 nitrogen and oxygen atoms in total. The third kappa shape index (κ3) is 6.69. The Kier molecular flexibility index (Phi) is 10.0. The highest BCUT2D eigenvalue weighted by atomic mass is 127. The maximum Gasteiger partial charge on any atom is 0.193 e. The molecule has 3 heterocycles. The van der Waals surface area contributed by atoms with Crippen molar-refractivity contribution in [2.45, 2.75) is 50.8 Å². The van der Waals surface area contributed by atoms with Crippen LogP contribution in [0.4, 0.5) is 5.82 Å². The monoisotopic (exact) mass is 503 g/mol. The molecular formula is C20H34IN5S. The molecule has 2 aliphatic heterocycles. The second kappa shape index (κ2) is 12.0. The standard InChI is InChI=1S/C20H33N5S.HI/c1-3-18-16-25(12-13-26-18)20(21-2)23-15-17-8-9-22-19(14-17)24-10-6-4-5-7-11-24;/h8-9,14,18H,3-7,10-13,15-16H2,1-2H3,(H,21,23);1H. The molecule has 7 heteroatoms. The van der Waals surface area contributed by atoms with Crippen LogP contribution in [0.15, 0.2) is 23.3 Å². The lowest BCUT2D eigenvalue weighted by molar-refractivity contribution is 0.408. The Bertz CT molecular complexity index is 589. The maximum atomic E-state index is 4.62. The Labute approximate surface area is 185 Å². The molecule has 1 N–H and O–H groups in total. The van der Waals surface area contributed by atoms with E-state index in [4.69, 9.17) is 0 Å². The molecule has 0 amide bonds. The van der Waals surface area contributed by atoms with Crippen molar-refractivity contribution in [1.82, 2.24) is 15.2 Å². The Morgan fingerprint density at radius 3 is 2.74 bits per heavy atom. The SMILES string of the molecule is CCC1CN(C(=NC)NCc2ccnc(N3CCCCCC3)c2)CCS1.I. The highest BCUT2D eigenvalue weighted by Crippen LogP contribution is 2.21. The number of aromatic nitrogens is 1. The third-order valence-corrected chi connectivity index (χ3v) is 6.67. The lowest BCUT2D eigenvalue weighted by atomic mass is 10.2. The Morgan fingerprint density at radius 1 is 1.26 bits per heavy atom. The lowest BCUT2D eigenvalue weighted by Crippen LogP contribution is -2.47. The number of hydrogen-bond donors (Lipinski definition) is 1. The zero-order valence-electron chi connectivity index (χ0n) is 16.7. The van der Waals surface area contributed by atoms with Crippen LogP contribution in [-0.4, -0.2) is 60.1 Å². The molecule has 1 unspecified atom stereocenters. The smallest absolute Gasteiger partial charge is 0.193 e. The number of nitrogens with one attached hydrogen (secondary N) is 1. The van der Waals surface area contributed by atoms with Crippen molar-refractivity contribution in [3.8, 4) is 0 Å². The number of rotatable bonds is 4. The van der Waals surface area contributed by atoms with Crippen LogP contribution in [0.2, 0.25) is 0 Å². The summed E-state index contributed by atoms with van der Waals surface area (Å²) in [4.78, 5) is 14.0. The van der Waals surface area contributed by atoms with E-state index in [-0.39, 0.29) is 24.0 Å². The van der Waals surface area contributed by atoms with Gasteiger partial charge in [0, 0.05) is 57.0 Å². The summed E-state index contributed by atoms with van der Waals surface area (Å²) < 4.78 is 0. The molecule has 1 atom stereocenters. The minimum Gasteiger partial charge on any atom is -0.357 e. The van der Waals surface area contributed by atoms with Gasteiger partial charge in [0.15, 0.2) is 5.96 Å². The summed E-state index contributed by atoms with van der Waals surface area (Å²) in [6.45, 7) is 7.52. The average molecular weight is 503 g/mol. The van der Waals surface area contributed by atoms with Crippen LogP contribution in [0.1, 0.15) is 44.6 Å². The number of hydrogen-bond acceptors (Lipinski definition) is 4. The third-order valence-electron chi connectivity index (χ3n) is 5.30. The molecule has 0 saturated carbocycles. The summed E-state index contributed by atoms with van der Waals surface area (Å²) in [5.41, 5.74) is 1.28. The van der Waals surface area contributed by atoms with E-state index in [0.717, 1.165) is 49.8 Å². The molecule has 0 radical (unpaired) electrons. The van der Waals surface area contributed by atoms with Crippen LogP contribution in [0.5, 0.6) is 0 Å². The fourth-order valence-corrected chi connectivity index (χ4v) is 4.90. The van der Waals surface area contributed by atoms with E-state index in [0.29, 0.717) is 0 Å². The summed E-state index contributed by atoms with van der Waals surface area (Å²) in [7, 11) is 1.89. The minimum atomic E-state index is 0. The van der Waals surface area contributed by atoms with Crippen molar-refractivity contribution >= 4 is 47.5 Å². The highest BCUT2D eigenvalue weighted by molar-refractivity contribution is 14.0. The van der Waals surface area contributed by atoms with Crippen LogP contribution in [-0.2, 0) is 6.54 Å². The van der Waals surface area contributed by atoms with Gasteiger partial charge in [0.25, 0.3) is 0 Å². The van der Waals surface area contributed by atoms with Gasteiger partial charge in [-0.2, -0.15) is 11.8 Å². The van der Waals surface area contributed by atoms with Gasteiger partial charge >= 0.3 is 0 Å². The second-order valence-corrected chi connectivity index (χ2v) is 8.58. The van der Waals surface area contributed by atoms with Gasteiger partial charge in [-0.05, 0) is 37.0 Å². The van der Waals surface area contributed by atoms with Crippen molar-refractivity contribution in [3.63, 3.8) is 0 Å². The minimum absolute atomic E-state index is 0. The van der Waals surface area contributed by atoms with Gasteiger partial charge in [0.05, 0.1) is 0 Å². The largest absolute Gasteiger partial charge is 0.357 e. The van der Waals surface area contributed by atoms with Crippen LogP contribution in [0.25, 0.3) is 0 Å². The number of guanidine groups is 1. The van der Waals surface area contributed by atoms with E-state index in [1.165, 1.54) is 43.4 Å². The first-order valence-corrected chi connectivity index (χ1v) is 11.1. The molecule has 1 aromatic rings. The molecule has 152 valence electrons. The van der Waals surface area contributed by atoms with Gasteiger partial charge in [-0.3, -0.25) is 4.99 Å². The topological polar surface area (TPSA) is 43.8 Å². The summed E-state index contributed by atoms with van der Waals surface area (Å²) in [6.07, 6.45) is 8.43. The average Bonchev–Trinajstić information content (AvgIpc) is 2.98. The molecule has 0 spiro atoms. The molecule has 27 heavy (non-hydrogen) atoms. The van der Waals surface area contributed by atoms with E-state index in [9.17, 15) is 0 Å².